The number of nitrogens with zero attached hydrogens (tertiary/aromatic N) is 3. The van der Waals surface area contributed by atoms with Gasteiger partial charge in [-0.05, 0) is 98.8 Å². The molecule has 0 unspecified atom stereocenters. The molecule has 2 aliphatic heterocycles. The molecular formula is C32H21N3. The maximum absolute atomic E-state index is 4.77. The average Bonchev–Trinajstić information content (AvgIpc) is 3.44. The molecule has 0 fully saturated rings. The second-order valence-electron chi connectivity index (χ2n) is 10.2. The molecule has 0 N–H and O–H groups in total. The zero-order valence-electron chi connectivity index (χ0n) is 19.2. The first-order chi connectivity index (χ1) is 17.3. The van der Waals surface area contributed by atoms with E-state index >= 15 is 0 Å². The van der Waals surface area contributed by atoms with Crippen molar-refractivity contribution in [3.05, 3.63) is 124 Å². The topological polar surface area (TPSA) is 29.0 Å². The van der Waals surface area contributed by atoms with E-state index in [9.17, 15) is 0 Å². The summed E-state index contributed by atoms with van der Waals surface area (Å²) in [7, 11) is 0. The Morgan fingerprint density at radius 3 is 2.43 bits per heavy atom. The highest BCUT2D eigenvalue weighted by Gasteiger charge is 2.36. The van der Waals surface area contributed by atoms with E-state index in [2.05, 4.69) is 71.6 Å². The Bertz CT molecular complexity index is 1760. The van der Waals surface area contributed by atoms with Gasteiger partial charge in [0.1, 0.15) is 0 Å². The fourth-order valence-electron chi connectivity index (χ4n) is 6.95. The number of fused-ring (bicyclic) bond motifs is 11. The summed E-state index contributed by atoms with van der Waals surface area (Å²) < 4.78 is 0. The highest BCUT2D eigenvalue weighted by atomic mass is 15.2. The summed E-state index contributed by atoms with van der Waals surface area (Å²) in [6.45, 7) is 0. The van der Waals surface area contributed by atoms with Crippen LogP contribution in [-0.4, -0.2) is 9.97 Å². The fourth-order valence-corrected chi connectivity index (χ4v) is 6.95. The van der Waals surface area contributed by atoms with Crippen LogP contribution in [0.3, 0.4) is 0 Å². The molecule has 0 saturated carbocycles. The van der Waals surface area contributed by atoms with E-state index in [-0.39, 0.29) is 0 Å². The van der Waals surface area contributed by atoms with Crippen LogP contribution < -0.4 is 4.90 Å². The maximum atomic E-state index is 4.77. The standard InChI is InChI=1S/C32H21N3/c1-2-5-23-18(4-1)12-21-14-22-13-19-7-8-29-26(31(19)25(22)16-24(21)23)15-20-9-11-34-28-17-27-30(6-3-10-33-27)35(29)32(20)28/h1-11,14,16H,12-13,15,17H2. The van der Waals surface area contributed by atoms with E-state index in [1.54, 1.807) is 0 Å². The van der Waals surface area contributed by atoms with Crippen molar-refractivity contribution in [3.63, 3.8) is 0 Å². The SMILES string of the molecule is c1ccc2c(c1)Cc1cc3c(cc1-2)-c1c(ccc2c1Cc1ccnc4c1N2c1cccnc1C4)C3. The lowest BCUT2D eigenvalue weighted by Crippen LogP contribution is -2.26. The molecule has 3 heteroatoms. The molecular weight excluding hydrogens is 426 g/mol. The number of hydrogen-bond acceptors (Lipinski definition) is 3. The van der Waals surface area contributed by atoms with Gasteiger partial charge in [0.05, 0.1) is 28.5 Å². The largest absolute Gasteiger partial charge is 0.306 e. The zero-order chi connectivity index (χ0) is 22.7. The van der Waals surface area contributed by atoms with E-state index < -0.39 is 0 Å². The molecule has 2 aromatic heterocycles. The van der Waals surface area contributed by atoms with Crippen LogP contribution in [0.1, 0.15) is 44.8 Å². The van der Waals surface area contributed by atoms with Gasteiger partial charge in [0.25, 0.3) is 0 Å². The van der Waals surface area contributed by atoms with Gasteiger partial charge in [0.2, 0.25) is 0 Å². The van der Waals surface area contributed by atoms with Crippen molar-refractivity contribution in [1.29, 1.82) is 0 Å². The van der Waals surface area contributed by atoms with Crippen LogP contribution in [0.5, 0.6) is 0 Å². The van der Waals surface area contributed by atoms with Crippen molar-refractivity contribution in [2.45, 2.75) is 25.7 Å². The fraction of sp³-hybridized carbons (Fsp3) is 0.125. The second-order valence-corrected chi connectivity index (χ2v) is 10.2. The molecule has 0 atom stereocenters. The summed E-state index contributed by atoms with van der Waals surface area (Å²) in [5.41, 5.74) is 20.3. The van der Waals surface area contributed by atoms with Gasteiger partial charge in [-0.25, -0.2) is 0 Å². The number of anilines is 3. The lowest BCUT2D eigenvalue weighted by Gasteiger charge is -2.39. The predicted molar refractivity (Wildman–Crippen MR) is 139 cm³/mol. The van der Waals surface area contributed by atoms with Crippen molar-refractivity contribution in [1.82, 2.24) is 9.97 Å². The first-order valence-corrected chi connectivity index (χ1v) is 12.4. The van der Waals surface area contributed by atoms with Gasteiger partial charge < -0.3 is 4.90 Å². The molecule has 0 radical (unpaired) electrons. The summed E-state index contributed by atoms with van der Waals surface area (Å²) in [6, 6.07) is 25.0. The number of pyridine rings is 2. The Morgan fingerprint density at radius 1 is 0.543 bits per heavy atom. The monoisotopic (exact) mass is 447 g/mol. The lowest BCUT2D eigenvalue weighted by molar-refractivity contribution is 0.927. The molecule has 4 aliphatic rings. The molecule has 35 heavy (non-hydrogen) atoms. The van der Waals surface area contributed by atoms with Crippen molar-refractivity contribution in [2.75, 3.05) is 4.90 Å². The van der Waals surface area contributed by atoms with Gasteiger partial charge in [0.15, 0.2) is 0 Å². The molecule has 4 heterocycles. The van der Waals surface area contributed by atoms with Gasteiger partial charge in [-0.2, -0.15) is 0 Å². The summed E-state index contributed by atoms with van der Waals surface area (Å²) in [6.07, 6.45) is 7.69. The molecule has 3 nitrogen and oxygen atoms in total. The number of hydrogen-bond donors (Lipinski definition) is 0. The minimum Gasteiger partial charge on any atom is -0.306 e. The summed E-state index contributed by atoms with van der Waals surface area (Å²) in [5, 5.41) is 0. The Morgan fingerprint density at radius 2 is 1.43 bits per heavy atom. The van der Waals surface area contributed by atoms with Gasteiger partial charge >= 0.3 is 0 Å². The first kappa shape index (κ1) is 18.1. The smallest absolute Gasteiger partial charge is 0.0717 e. The molecule has 0 bridgehead atoms. The maximum Gasteiger partial charge on any atom is 0.0717 e. The van der Waals surface area contributed by atoms with Crippen molar-refractivity contribution < 1.29 is 0 Å². The number of benzene rings is 3. The zero-order valence-corrected chi connectivity index (χ0v) is 19.2. The summed E-state index contributed by atoms with van der Waals surface area (Å²) >= 11 is 0. The van der Waals surface area contributed by atoms with Crippen molar-refractivity contribution in [3.8, 4) is 22.3 Å². The molecule has 0 saturated heterocycles. The average molecular weight is 448 g/mol. The number of rotatable bonds is 0. The van der Waals surface area contributed by atoms with Crippen LogP contribution in [0.25, 0.3) is 22.3 Å². The minimum atomic E-state index is 0.796. The summed E-state index contributed by atoms with van der Waals surface area (Å²) in [4.78, 5) is 11.9. The predicted octanol–water partition coefficient (Wildman–Crippen LogP) is 6.90. The van der Waals surface area contributed by atoms with Gasteiger partial charge in [-0.3, -0.25) is 9.97 Å². The normalized spacial score (nSPS) is 14.9. The third-order valence-electron chi connectivity index (χ3n) is 8.40. The summed E-state index contributed by atoms with van der Waals surface area (Å²) in [5.74, 6) is 0. The Kier molecular flexibility index (Phi) is 3.24. The van der Waals surface area contributed by atoms with Crippen molar-refractivity contribution in [2.24, 2.45) is 0 Å². The lowest BCUT2D eigenvalue weighted by atomic mass is 9.86. The van der Waals surface area contributed by atoms with E-state index in [4.69, 9.17) is 9.97 Å². The van der Waals surface area contributed by atoms with E-state index in [0.717, 1.165) is 37.1 Å². The van der Waals surface area contributed by atoms with Gasteiger partial charge in [-0.15, -0.1) is 0 Å². The molecule has 2 aliphatic carbocycles. The van der Waals surface area contributed by atoms with Crippen LogP contribution in [0, 0.1) is 0 Å². The Hall–Kier alpha value is -4.24. The van der Waals surface area contributed by atoms with E-state index in [1.807, 2.05) is 12.4 Å². The highest BCUT2D eigenvalue weighted by molar-refractivity contribution is 5.95. The van der Waals surface area contributed by atoms with Crippen LogP contribution in [0.15, 0.2) is 79.1 Å². The first-order valence-electron chi connectivity index (χ1n) is 12.4. The van der Waals surface area contributed by atoms with E-state index in [1.165, 1.54) is 72.7 Å². The van der Waals surface area contributed by atoms with Crippen LogP contribution in [-0.2, 0) is 25.7 Å². The van der Waals surface area contributed by atoms with Gasteiger partial charge in [0, 0.05) is 25.2 Å². The minimum absolute atomic E-state index is 0.796. The molecule has 0 spiro atoms. The molecule has 164 valence electrons. The third-order valence-corrected chi connectivity index (χ3v) is 8.40. The van der Waals surface area contributed by atoms with Crippen LogP contribution in [0.4, 0.5) is 17.1 Å². The Labute approximate surface area is 203 Å². The highest BCUT2D eigenvalue weighted by Crippen LogP contribution is 2.54. The second kappa shape index (κ2) is 6.25. The molecule has 5 aromatic rings. The molecule has 3 aromatic carbocycles. The van der Waals surface area contributed by atoms with Crippen LogP contribution in [0.2, 0.25) is 0 Å². The Balaban J connectivity index is 1.30. The van der Waals surface area contributed by atoms with E-state index in [0.29, 0.717) is 0 Å². The van der Waals surface area contributed by atoms with Crippen LogP contribution >= 0.6 is 0 Å². The quantitative estimate of drug-likeness (QED) is 0.253. The number of aromatic nitrogens is 2. The third kappa shape index (κ3) is 2.26. The van der Waals surface area contributed by atoms with Gasteiger partial charge in [-0.1, -0.05) is 36.4 Å². The molecule has 0 amide bonds. The van der Waals surface area contributed by atoms with Crippen molar-refractivity contribution >= 4 is 17.1 Å². The molecule has 9 rings (SSSR count).